The van der Waals surface area contributed by atoms with Gasteiger partial charge < -0.3 is 19.5 Å². The van der Waals surface area contributed by atoms with Gasteiger partial charge in [-0.1, -0.05) is 60.7 Å². The molecular weight excluding hydrogens is 354 g/mol. The summed E-state index contributed by atoms with van der Waals surface area (Å²) in [7, 11) is 4.69. The zero-order chi connectivity index (χ0) is 19.7. The summed E-state index contributed by atoms with van der Waals surface area (Å²) in [6.45, 7) is 0. The summed E-state index contributed by atoms with van der Waals surface area (Å²) < 4.78 is 16.8. The van der Waals surface area contributed by atoms with Crippen LogP contribution in [0.25, 0.3) is 0 Å². The molecule has 4 rings (SSSR count). The van der Waals surface area contributed by atoms with Gasteiger partial charge >= 0.3 is 0 Å². The fourth-order valence-electron chi connectivity index (χ4n) is 4.05. The molecule has 0 atom stereocenters. The van der Waals surface area contributed by atoms with Crippen LogP contribution < -0.4 is 19.5 Å². The lowest BCUT2D eigenvalue weighted by atomic mass is 9.70. The Bertz CT molecular complexity index is 976. The van der Waals surface area contributed by atoms with E-state index in [9.17, 15) is 4.79 Å². The highest BCUT2D eigenvalue weighted by Gasteiger charge is 2.52. The van der Waals surface area contributed by atoms with Crippen molar-refractivity contribution >= 4 is 11.6 Å². The highest BCUT2D eigenvalue weighted by atomic mass is 16.5. The number of amides is 1. The zero-order valence-electron chi connectivity index (χ0n) is 16.0. The van der Waals surface area contributed by atoms with Crippen LogP contribution in [0.1, 0.15) is 16.7 Å². The summed E-state index contributed by atoms with van der Waals surface area (Å²) in [5.74, 6) is 1.28. The highest BCUT2D eigenvalue weighted by molar-refractivity contribution is 6.13. The number of carbonyl (C=O) groups excluding carboxylic acids is 1. The van der Waals surface area contributed by atoms with E-state index in [1.54, 1.807) is 27.4 Å². The van der Waals surface area contributed by atoms with E-state index < -0.39 is 5.41 Å². The summed E-state index contributed by atoms with van der Waals surface area (Å²) >= 11 is 0. The van der Waals surface area contributed by atoms with Crippen LogP contribution in [0.15, 0.2) is 66.7 Å². The summed E-state index contributed by atoms with van der Waals surface area (Å²) in [6.07, 6.45) is 0. The van der Waals surface area contributed by atoms with Gasteiger partial charge in [0, 0.05) is 11.6 Å². The topological polar surface area (TPSA) is 56.8 Å². The molecule has 5 heteroatoms. The second kappa shape index (κ2) is 6.93. The molecule has 3 aromatic rings. The fourth-order valence-corrected chi connectivity index (χ4v) is 4.05. The predicted molar refractivity (Wildman–Crippen MR) is 107 cm³/mol. The van der Waals surface area contributed by atoms with E-state index in [1.807, 2.05) is 60.7 Å². The van der Waals surface area contributed by atoms with E-state index in [4.69, 9.17) is 14.2 Å². The molecule has 0 fully saturated rings. The molecule has 1 aliphatic heterocycles. The number of ether oxygens (including phenoxy) is 3. The monoisotopic (exact) mass is 375 g/mol. The third-order valence-corrected chi connectivity index (χ3v) is 5.21. The van der Waals surface area contributed by atoms with Crippen LogP contribution >= 0.6 is 0 Å². The fraction of sp³-hybridized carbons (Fsp3) is 0.174. The highest BCUT2D eigenvalue weighted by Crippen LogP contribution is 2.56. The predicted octanol–water partition coefficient (Wildman–Crippen LogP) is 4.00. The molecule has 0 saturated carbocycles. The van der Waals surface area contributed by atoms with Crippen molar-refractivity contribution in [3.05, 3.63) is 83.4 Å². The molecule has 0 bridgehead atoms. The molecule has 0 aliphatic carbocycles. The third kappa shape index (κ3) is 2.36. The lowest BCUT2D eigenvalue weighted by Gasteiger charge is -2.30. The molecule has 0 saturated heterocycles. The molecule has 1 heterocycles. The van der Waals surface area contributed by atoms with Crippen molar-refractivity contribution in [1.29, 1.82) is 0 Å². The van der Waals surface area contributed by atoms with Crippen molar-refractivity contribution in [3.63, 3.8) is 0 Å². The van der Waals surface area contributed by atoms with E-state index in [1.165, 1.54) is 0 Å². The molecule has 142 valence electrons. The van der Waals surface area contributed by atoms with Gasteiger partial charge in [0.2, 0.25) is 11.7 Å². The molecule has 1 aliphatic rings. The molecule has 0 unspecified atom stereocenters. The molecule has 5 nitrogen and oxygen atoms in total. The maximum Gasteiger partial charge on any atom is 0.244 e. The van der Waals surface area contributed by atoms with E-state index in [0.29, 0.717) is 22.9 Å². The lowest BCUT2D eigenvalue weighted by molar-refractivity contribution is -0.118. The van der Waals surface area contributed by atoms with Gasteiger partial charge in [-0.2, -0.15) is 0 Å². The smallest absolute Gasteiger partial charge is 0.244 e. The van der Waals surface area contributed by atoms with Crippen molar-refractivity contribution in [3.8, 4) is 17.2 Å². The van der Waals surface area contributed by atoms with Crippen molar-refractivity contribution in [2.45, 2.75) is 5.41 Å². The van der Waals surface area contributed by atoms with Crippen molar-refractivity contribution in [2.24, 2.45) is 0 Å². The Labute approximate surface area is 163 Å². The first kappa shape index (κ1) is 17.9. The van der Waals surface area contributed by atoms with E-state index in [2.05, 4.69) is 5.32 Å². The maximum atomic E-state index is 13.6. The number of hydrogen-bond acceptors (Lipinski definition) is 4. The average molecular weight is 375 g/mol. The number of fused-ring (bicyclic) bond motifs is 1. The Morgan fingerprint density at radius 1 is 0.750 bits per heavy atom. The van der Waals surface area contributed by atoms with Crippen LogP contribution in [0.5, 0.6) is 17.2 Å². The quantitative estimate of drug-likeness (QED) is 0.732. The van der Waals surface area contributed by atoms with Gasteiger partial charge in [-0.25, -0.2) is 0 Å². The lowest BCUT2D eigenvalue weighted by Crippen LogP contribution is -2.37. The van der Waals surface area contributed by atoms with Crippen LogP contribution in [0.2, 0.25) is 0 Å². The number of hydrogen-bond donors (Lipinski definition) is 1. The van der Waals surface area contributed by atoms with E-state index >= 15 is 0 Å². The summed E-state index contributed by atoms with van der Waals surface area (Å²) in [5, 5.41) is 3.03. The van der Waals surface area contributed by atoms with Crippen LogP contribution in [-0.2, 0) is 10.2 Å². The average Bonchev–Trinajstić information content (AvgIpc) is 3.05. The van der Waals surface area contributed by atoms with Crippen LogP contribution in [-0.4, -0.2) is 27.2 Å². The van der Waals surface area contributed by atoms with Gasteiger partial charge in [0.1, 0.15) is 5.41 Å². The minimum Gasteiger partial charge on any atom is -0.493 e. The minimum absolute atomic E-state index is 0.145. The first-order valence-corrected chi connectivity index (χ1v) is 8.94. The SMILES string of the molecule is COc1cc2c(c(OC)c1OC)C(c1ccccc1)(c1ccccc1)C(=O)N2. The molecule has 0 aromatic heterocycles. The van der Waals surface area contributed by atoms with E-state index in [0.717, 1.165) is 16.7 Å². The molecule has 1 N–H and O–H groups in total. The number of anilines is 1. The standard InChI is InChI=1S/C23H21NO4/c1-26-18-14-17-19(21(28-3)20(18)27-2)23(22(25)24-17,15-10-6-4-7-11-15)16-12-8-5-9-13-16/h4-14H,1-3H3,(H,24,25). The van der Waals surface area contributed by atoms with Crippen LogP contribution in [0, 0.1) is 0 Å². The Morgan fingerprint density at radius 3 is 1.75 bits per heavy atom. The zero-order valence-corrected chi connectivity index (χ0v) is 16.0. The Balaban J connectivity index is 2.15. The first-order chi connectivity index (χ1) is 13.7. The number of methoxy groups -OCH3 is 3. The Morgan fingerprint density at radius 2 is 1.29 bits per heavy atom. The van der Waals surface area contributed by atoms with Crippen molar-refractivity contribution < 1.29 is 19.0 Å². The summed E-state index contributed by atoms with van der Waals surface area (Å²) in [5.41, 5.74) is 2.00. The summed E-state index contributed by atoms with van der Waals surface area (Å²) in [6, 6.07) is 21.2. The normalized spacial score (nSPS) is 14.2. The molecule has 28 heavy (non-hydrogen) atoms. The van der Waals surface area contributed by atoms with Crippen molar-refractivity contribution in [2.75, 3.05) is 26.6 Å². The first-order valence-electron chi connectivity index (χ1n) is 8.94. The van der Waals surface area contributed by atoms with Crippen LogP contribution in [0.4, 0.5) is 5.69 Å². The van der Waals surface area contributed by atoms with Gasteiger partial charge in [0.25, 0.3) is 0 Å². The Kier molecular flexibility index (Phi) is 4.43. The second-order valence-electron chi connectivity index (χ2n) is 6.50. The Hall–Kier alpha value is -3.47. The van der Waals surface area contributed by atoms with Gasteiger partial charge in [-0.15, -0.1) is 0 Å². The molecular formula is C23H21NO4. The maximum absolute atomic E-state index is 13.6. The van der Waals surface area contributed by atoms with Crippen LogP contribution in [0.3, 0.4) is 0 Å². The second-order valence-corrected chi connectivity index (χ2v) is 6.50. The molecule has 0 radical (unpaired) electrons. The van der Waals surface area contributed by atoms with Gasteiger partial charge in [0.15, 0.2) is 11.5 Å². The minimum atomic E-state index is -1.07. The number of benzene rings is 3. The third-order valence-electron chi connectivity index (χ3n) is 5.21. The number of carbonyl (C=O) groups is 1. The van der Waals surface area contributed by atoms with Crippen molar-refractivity contribution in [1.82, 2.24) is 0 Å². The largest absolute Gasteiger partial charge is 0.493 e. The molecule has 3 aromatic carbocycles. The van der Waals surface area contributed by atoms with Gasteiger partial charge in [-0.05, 0) is 11.1 Å². The number of rotatable bonds is 5. The van der Waals surface area contributed by atoms with Gasteiger partial charge in [0.05, 0.1) is 27.0 Å². The summed E-state index contributed by atoms with van der Waals surface area (Å²) in [4.78, 5) is 13.6. The molecule has 0 spiro atoms. The van der Waals surface area contributed by atoms with E-state index in [-0.39, 0.29) is 5.91 Å². The molecule has 1 amide bonds. The number of nitrogens with one attached hydrogen (secondary N) is 1. The van der Waals surface area contributed by atoms with Gasteiger partial charge in [-0.3, -0.25) is 4.79 Å².